The van der Waals surface area contributed by atoms with Crippen LogP contribution in [0.2, 0.25) is 0 Å². The zero-order valence-corrected chi connectivity index (χ0v) is 17.2. The van der Waals surface area contributed by atoms with Gasteiger partial charge in [-0.25, -0.2) is 14.4 Å². The third-order valence-electron chi connectivity index (χ3n) is 5.29. The number of anilines is 1. The van der Waals surface area contributed by atoms with Crippen LogP contribution in [0.25, 0.3) is 27.8 Å². The van der Waals surface area contributed by atoms with Gasteiger partial charge in [-0.1, -0.05) is 18.2 Å². The number of fused-ring (bicyclic) bond motifs is 1. The summed E-state index contributed by atoms with van der Waals surface area (Å²) in [5.41, 5.74) is 4.60. The Morgan fingerprint density at radius 3 is 2.77 bits per heavy atom. The quantitative estimate of drug-likeness (QED) is 0.447. The van der Waals surface area contributed by atoms with Gasteiger partial charge in [-0.3, -0.25) is 9.25 Å². The van der Waals surface area contributed by atoms with E-state index in [1.807, 2.05) is 41.7 Å². The SMILES string of the molecule is Cc1cc(-c2ccc3c(cnn3C)c2)cc(-n2ccnc2CNc2ccccc2F)n1. The van der Waals surface area contributed by atoms with Gasteiger partial charge >= 0.3 is 0 Å². The molecule has 0 bridgehead atoms. The summed E-state index contributed by atoms with van der Waals surface area (Å²) in [7, 11) is 1.94. The molecule has 0 unspecified atom stereocenters. The number of rotatable bonds is 5. The number of imidazole rings is 1. The molecule has 0 aliphatic carbocycles. The molecule has 0 fully saturated rings. The number of para-hydroxylation sites is 1. The van der Waals surface area contributed by atoms with Gasteiger partial charge in [0.1, 0.15) is 17.5 Å². The smallest absolute Gasteiger partial charge is 0.146 e. The molecular formula is C24H21FN6. The van der Waals surface area contributed by atoms with E-state index < -0.39 is 0 Å². The zero-order valence-electron chi connectivity index (χ0n) is 17.2. The molecule has 6 nitrogen and oxygen atoms in total. The number of hydrogen-bond donors (Lipinski definition) is 1. The molecule has 5 aromatic rings. The predicted molar refractivity (Wildman–Crippen MR) is 120 cm³/mol. The van der Waals surface area contributed by atoms with Crippen LogP contribution in [0.1, 0.15) is 11.5 Å². The molecule has 0 aliphatic heterocycles. The Kier molecular flexibility index (Phi) is 4.71. The number of nitrogens with one attached hydrogen (secondary N) is 1. The Morgan fingerprint density at radius 2 is 1.90 bits per heavy atom. The zero-order chi connectivity index (χ0) is 21.4. The van der Waals surface area contributed by atoms with Crippen LogP contribution in [0.5, 0.6) is 0 Å². The number of pyridine rings is 1. The van der Waals surface area contributed by atoms with Crippen molar-refractivity contribution < 1.29 is 4.39 Å². The highest BCUT2D eigenvalue weighted by Gasteiger charge is 2.11. The molecule has 0 amide bonds. The topological polar surface area (TPSA) is 60.6 Å². The van der Waals surface area contributed by atoms with E-state index in [0.717, 1.165) is 39.4 Å². The van der Waals surface area contributed by atoms with Crippen molar-refractivity contribution in [3.8, 4) is 16.9 Å². The van der Waals surface area contributed by atoms with Crippen LogP contribution >= 0.6 is 0 Å². The van der Waals surface area contributed by atoms with Crippen molar-refractivity contribution in [2.45, 2.75) is 13.5 Å². The second-order valence-electron chi connectivity index (χ2n) is 7.44. The fourth-order valence-corrected chi connectivity index (χ4v) is 3.74. The van der Waals surface area contributed by atoms with Gasteiger partial charge in [0.2, 0.25) is 0 Å². The maximum atomic E-state index is 13.9. The number of hydrogen-bond acceptors (Lipinski definition) is 4. The van der Waals surface area contributed by atoms with E-state index in [4.69, 9.17) is 4.98 Å². The summed E-state index contributed by atoms with van der Waals surface area (Å²) < 4.78 is 17.7. The van der Waals surface area contributed by atoms with Crippen molar-refractivity contribution in [3.63, 3.8) is 0 Å². The normalized spacial score (nSPS) is 11.2. The van der Waals surface area contributed by atoms with Crippen LogP contribution in [0.15, 0.2) is 73.2 Å². The van der Waals surface area contributed by atoms with Crippen LogP contribution in [-0.4, -0.2) is 24.3 Å². The molecule has 3 aromatic heterocycles. The lowest BCUT2D eigenvalue weighted by atomic mass is 10.0. The van der Waals surface area contributed by atoms with E-state index >= 15 is 0 Å². The Hall–Kier alpha value is -4.00. The second kappa shape index (κ2) is 7.68. The highest BCUT2D eigenvalue weighted by Crippen LogP contribution is 2.26. The largest absolute Gasteiger partial charge is 0.375 e. The number of aromatic nitrogens is 5. The Labute approximate surface area is 179 Å². The van der Waals surface area contributed by atoms with E-state index in [1.165, 1.54) is 6.07 Å². The first-order chi connectivity index (χ1) is 15.1. The summed E-state index contributed by atoms with van der Waals surface area (Å²) in [6.45, 7) is 2.35. The maximum absolute atomic E-state index is 13.9. The van der Waals surface area contributed by atoms with Gasteiger partial charge < -0.3 is 5.32 Å². The third kappa shape index (κ3) is 3.66. The molecule has 3 heterocycles. The van der Waals surface area contributed by atoms with E-state index in [9.17, 15) is 4.39 Å². The average molecular weight is 412 g/mol. The molecule has 2 aromatic carbocycles. The van der Waals surface area contributed by atoms with Crippen LogP contribution in [0.3, 0.4) is 0 Å². The monoisotopic (exact) mass is 412 g/mol. The van der Waals surface area contributed by atoms with Crippen molar-refractivity contribution in [2.24, 2.45) is 7.05 Å². The number of nitrogens with zero attached hydrogens (tertiary/aromatic N) is 5. The minimum Gasteiger partial charge on any atom is -0.375 e. The van der Waals surface area contributed by atoms with Crippen LogP contribution < -0.4 is 5.32 Å². The van der Waals surface area contributed by atoms with Crippen LogP contribution in [-0.2, 0) is 13.6 Å². The predicted octanol–water partition coefficient (Wildman–Crippen LogP) is 4.88. The molecule has 0 radical (unpaired) electrons. The molecule has 5 rings (SSSR count). The van der Waals surface area contributed by atoms with E-state index in [0.29, 0.717) is 12.2 Å². The molecule has 0 atom stereocenters. The third-order valence-corrected chi connectivity index (χ3v) is 5.29. The summed E-state index contributed by atoms with van der Waals surface area (Å²) in [6, 6.07) is 17.0. The highest BCUT2D eigenvalue weighted by atomic mass is 19.1. The molecule has 0 spiro atoms. The minimum atomic E-state index is -0.289. The average Bonchev–Trinajstić information content (AvgIpc) is 3.39. The second-order valence-corrected chi connectivity index (χ2v) is 7.44. The van der Waals surface area contributed by atoms with Gasteiger partial charge in [0.25, 0.3) is 0 Å². The minimum absolute atomic E-state index is 0.289. The molecule has 0 saturated carbocycles. The summed E-state index contributed by atoms with van der Waals surface area (Å²) in [5, 5.41) is 8.53. The van der Waals surface area contributed by atoms with Gasteiger partial charge in [0.05, 0.1) is 23.9 Å². The van der Waals surface area contributed by atoms with E-state index in [1.54, 1.807) is 24.4 Å². The van der Waals surface area contributed by atoms with Gasteiger partial charge in [0.15, 0.2) is 0 Å². The van der Waals surface area contributed by atoms with Crippen molar-refractivity contribution in [3.05, 3.63) is 90.5 Å². The lowest BCUT2D eigenvalue weighted by Gasteiger charge is -2.12. The molecular weight excluding hydrogens is 391 g/mol. The van der Waals surface area contributed by atoms with Gasteiger partial charge in [0, 0.05) is 30.5 Å². The molecule has 154 valence electrons. The van der Waals surface area contributed by atoms with Crippen molar-refractivity contribution in [1.82, 2.24) is 24.3 Å². The first-order valence-electron chi connectivity index (χ1n) is 10.0. The van der Waals surface area contributed by atoms with E-state index in [-0.39, 0.29) is 5.82 Å². The first kappa shape index (κ1) is 19.0. The van der Waals surface area contributed by atoms with Crippen molar-refractivity contribution in [2.75, 3.05) is 5.32 Å². The standard InChI is InChI=1S/C24H21FN6/c1-16-11-18(17-7-8-22-19(12-17)14-28-30(22)2)13-23(29-16)31-10-9-26-24(31)15-27-21-6-4-3-5-20(21)25/h3-14,27H,15H2,1-2H3. The summed E-state index contributed by atoms with van der Waals surface area (Å²) in [6.07, 6.45) is 5.47. The van der Waals surface area contributed by atoms with Crippen LogP contribution in [0.4, 0.5) is 10.1 Å². The Balaban J connectivity index is 1.48. The van der Waals surface area contributed by atoms with Gasteiger partial charge in [-0.05, 0) is 54.4 Å². The lowest BCUT2D eigenvalue weighted by molar-refractivity contribution is 0.629. The summed E-state index contributed by atoms with van der Waals surface area (Å²) >= 11 is 0. The fourth-order valence-electron chi connectivity index (χ4n) is 3.74. The highest BCUT2D eigenvalue weighted by molar-refractivity contribution is 5.84. The number of aryl methyl sites for hydroxylation is 2. The molecule has 0 aliphatic rings. The number of benzene rings is 2. The van der Waals surface area contributed by atoms with Crippen molar-refractivity contribution in [1.29, 1.82) is 0 Å². The fraction of sp³-hybridized carbons (Fsp3) is 0.125. The van der Waals surface area contributed by atoms with Gasteiger partial charge in [-0.15, -0.1) is 0 Å². The lowest BCUT2D eigenvalue weighted by Crippen LogP contribution is -2.09. The molecule has 7 heteroatoms. The van der Waals surface area contributed by atoms with Gasteiger partial charge in [-0.2, -0.15) is 5.10 Å². The van der Waals surface area contributed by atoms with E-state index in [2.05, 4.69) is 39.7 Å². The Bertz CT molecular complexity index is 1380. The molecule has 0 saturated heterocycles. The number of halogens is 1. The molecule has 1 N–H and O–H groups in total. The van der Waals surface area contributed by atoms with Crippen molar-refractivity contribution >= 4 is 16.6 Å². The Morgan fingerprint density at radius 1 is 1.03 bits per heavy atom. The van der Waals surface area contributed by atoms with Crippen LogP contribution in [0, 0.1) is 12.7 Å². The maximum Gasteiger partial charge on any atom is 0.146 e. The summed E-state index contributed by atoms with van der Waals surface area (Å²) in [4.78, 5) is 9.15. The first-order valence-corrected chi connectivity index (χ1v) is 10.0. The molecule has 31 heavy (non-hydrogen) atoms. The summed E-state index contributed by atoms with van der Waals surface area (Å²) in [5.74, 6) is 1.22.